The van der Waals surface area contributed by atoms with E-state index in [1.54, 1.807) is 0 Å². The van der Waals surface area contributed by atoms with Crippen LogP contribution in [0.4, 0.5) is 4.79 Å². The summed E-state index contributed by atoms with van der Waals surface area (Å²) in [4.78, 5) is 14.6. The molecule has 3 atom stereocenters. The Hall–Kier alpha value is -1.51. The highest BCUT2D eigenvalue weighted by Crippen LogP contribution is 2.48. The minimum atomic E-state index is 0.131. The lowest BCUT2D eigenvalue weighted by Crippen LogP contribution is -2.61. The smallest absolute Gasteiger partial charge is 0.317 e. The second-order valence-corrected chi connectivity index (χ2v) is 7.16. The van der Waals surface area contributed by atoms with Gasteiger partial charge in [-0.2, -0.15) is 0 Å². The number of amides is 2. The molecule has 2 aliphatic rings. The topological polar surface area (TPSA) is 32.3 Å². The number of carbonyl (C=O) groups is 1. The Morgan fingerprint density at radius 1 is 1.41 bits per heavy atom. The van der Waals surface area contributed by atoms with E-state index in [1.165, 1.54) is 11.1 Å². The molecule has 0 radical (unpaired) electrons. The van der Waals surface area contributed by atoms with Crippen molar-refractivity contribution in [3.8, 4) is 0 Å². The van der Waals surface area contributed by atoms with Gasteiger partial charge in [-0.05, 0) is 41.7 Å². The first kappa shape index (κ1) is 15.4. The van der Waals surface area contributed by atoms with Crippen molar-refractivity contribution in [3.05, 3.63) is 35.4 Å². The summed E-state index contributed by atoms with van der Waals surface area (Å²) in [7, 11) is 0. The highest BCUT2D eigenvalue weighted by atomic mass is 16.2. The summed E-state index contributed by atoms with van der Waals surface area (Å²) in [6, 6.07) is 9.27. The van der Waals surface area contributed by atoms with E-state index in [2.05, 4.69) is 55.3 Å². The van der Waals surface area contributed by atoms with Crippen molar-refractivity contribution in [1.82, 2.24) is 10.2 Å². The maximum Gasteiger partial charge on any atom is 0.317 e. The van der Waals surface area contributed by atoms with Crippen LogP contribution in [0.15, 0.2) is 24.3 Å². The minimum absolute atomic E-state index is 0.131. The average Bonchev–Trinajstić information content (AvgIpc) is 2.51. The van der Waals surface area contributed by atoms with E-state index in [0.29, 0.717) is 12.0 Å². The van der Waals surface area contributed by atoms with Gasteiger partial charge in [0.2, 0.25) is 0 Å². The van der Waals surface area contributed by atoms with Gasteiger partial charge in [0.25, 0.3) is 0 Å². The van der Waals surface area contributed by atoms with E-state index in [-0.39, 0.29) is 11.4 Å². The number of unbranched alkanes of at least 4 members (excludes halogenated alkanes) is 1. The van der Waals surface area contributed by atoms with Gasteiger partial charge in [0.05, 0.1) is 0 Å². The molecule has 1 aromatic carbocycles. The molecule has 22 heavy (non-hydrogen) atoms. The molecule has 3 rings (SSSR count). The number of nitrogens with zero attached hydrogens (tertiary/aromatic N) is 1. The van der Waals surface area contributed by atoms with Gasteiger partial charge >= 0.3 is 6.03 Å². The average molecular weight is 300 g/mol. The fourth-order valence-electron chi connectivity index (χ4n) is 4.31. The van der Waals surface area contributed by atoms with Gasteiger partial charge in [0.15, 0.2) is 0 Å². The van der Waals surface area contributed by atoms with Crippen LogP contribution < -0.4 is 5.32 Å². The maximum atomic E-state index is 12.5. The van der Waals surface area contributed by atoms with Gasteiger partial charge in [-0.15, -0.1) is 0 Å². The van der Waals surface area contributed by atoms with Crippen molar-refractivity contribution >= 4 is 6.03 Å². The molecule has 1 saturated heterocycles. The largest absolute Gasteiger partial charge is 0.338 e. The van der Waals surface area contributed by atoms with Gasteiger partial charge in [0.1, 0.15) is 0 Å². The lowest BCUT2D eigenvalue weighted by molar-refractivity contribution is 0.0556. The minimum Gasteiger partial charge on any atom is -0.338 e. The van der Waals surface area contributed by atoms with Crippen molar-refractivity contribution in [2.75, 3.05) is 13.1 Å². The molecule has 3 heteroatoms. The first-order chi connectivity index (χ1) is 10.6. The predicted molar refractivity (Wildman–Crippen MR) is 90.1 cm³/mol. The first-order valence-corrected chi connectivity index (χ1v) is 8.70. The molecule has 0 aromatic heterocycles. The summed E-state index contributed by atoms with van der Waals surface area (Å²) in [6.45, 7) is 8.53. The third kappa shape index (κ3) is 2.41. The number of urea groups is 1. The molecule has 120 valence electrons. The van der Waals surface area contributed by atoms with Crippen LogP contribution in [-0.2, 0) is 11.8 Å². The second-order valence-electron chi connectivity index (χ2n) is 7.16. The normalized spacial score (nSPS) is 29.9. The number of carbonyl (C=O) groups excluding carboxylic acids is 1. The lowest BCUT2D eigenvalue weighted by atomic mass is 9.59. The molecule has 2 bridgehead atoms. The summed E-state index contributed by atoms with van der Waals surface area (Å²) in [5.74, 6) is 0.507. The van der Waals surface area contributed by atoms with Crippen molar-refractivity contribution < 1.29 is 4.79 Å². The van der Waals surface area contributed by atoms with Crippen LogP contribution in [0.5, 0.6) is 0 Å². The molecule has 1 heterocycles. The van der Waals surface area contributed by atoms with E-state index in [1.807, 2.05) is 0 Å². The second kappa shape index (κ2) is 5.94. The Bertz CT molecular complexity index is 556. The third-order valence-electron chi connectivity index (χ3n) is 5.98. The molecule has 1 aliphatic carbocycles. The summed E-state index contributed by atoms with van der Waals surface area (Å²) in [5, 5.41) is 3.10. The Morgan fingerprint density at radius 3 is 2.95 bits per heavy atom. The SMILES string of the molecule is CCCCNC(=O)N1CCC2(C)c3ccccc3CC1C2C. The Kier molecular flexibility index (Phi) is 4.16. The number of fused-ring (bicyclic) bond motifs is 4. The van der Waals surface area contributed by atoms with Gasteiger partial charge in [-0.3, -0.25) is 0 Å². The quantitative estimate of drug-likeness (QED) is 0.848. The number of nitrogens with one attached hydrogen (secondary N) is 1. The van der Waals surface area contributed by atoms with Gasteiger partial charge in [-0.25, -0.2) is 4.79 Å². The Morgan fingerprint density at radius 2 is 2.18 bits per heavy atom. The number of likely N-dealkylation sites (tertiary alicyclic amines) is 1. The zero-order valence-electron chi connectivity index (χ0n) is 14.1. The van der Waals surface area contributed by atoms with Crippen LogP contribution in [0.1, 0.15) is 51.2 Å². The molecule has 1 fully saturated rings. The summed E-state index contributed by atoms with van der Waals surface area (Å²) >= 11 is 0. The van der Waals surface area contributed by atoms with E-state index >= 15 is 0 Å². The van der Waals surface area contributed by atoms with E-state index in [9.17, 15) is 4.79 Å². The molecule has 1 N–H and O–H groups in total. The molecular formula is C19H28N2O. The fraction of sp³-hybridized carbons (Fsp3) is 0.632. The molecule has 1 aliphatic heterocycles. The summed E-state index contributed by atoms with van der Waals surface area (Å²) in [5.41, 5.74) is 3.14. The van der Waals surface area contributed by atoms with Crippen LogP contribution in [0.2, 0.25) is 0 Å². The molecule has 0 saturated carbocycles. The van der Waals surface area contributed by atoms with Gasteiger partial charge in [-0.1, -0.05) is 51.5 Å². The Labute approximate surface area is 134 Å². The zero-order chi connectivity index (χ0) is 15.7. The molecule has 2 amide bonds. The molecule has 3 nitrogen and oxygen atoms in total. The number of hydrogen-bond donors (Lipinski definition) is 1. The van der Waals surface area contributed by atoms with Crippen molar-refractivity contribution in [2.45, 2.75) is 57.9 Å². The Balaban J connectivity index is 1.82. The maximum absolute atomic E-state index is 12.5. The number of hydrogen-bond acceptors (Lipinski definition) is 1. The van der Waals surface area contributed by atoms with Crippen LogP contribution >= 0.6 is 0 Å². The monoisotopic (exact) mass is 300 g/mol. The molecule has 1 aromatic rings. The van der Waals surface area contributed by atoms with Crippen LogP contribution in [-0.4, -0.2) is 30.1 Å². The van der Waals surface area contributed by atoms with E-state index in [0.717, 1.165) is 38.8 Å². The third-order valence-corrected chi connectivity index (χ3v) is 5.98. The summed E-state index contributed by atoms with van der Waals surface area (Å²) < 4.78 is 0. The molecular weight excluding hydrogens is 272 g/mol. The standard InChI is InChI=1S/C19H28N2O/c1-4-5-11-20-18(22)21-12-10-19(3)14(2)17(21)13-15-8-6-7-9-16(15)19/h6-9,14,17H,4-5,10-13H2,1-3H3,(H,20,22). The molecule has 3 unspecified atom stereocenters. The van der Waals surface area contributed by atoms with Crippen molar-refractivity contribution in [2.24, 2.45) is 5.92 Å². The number of piperidine rings is 1. The lowest BCUT2D eigenvalue weighted by Gasteiger charge is -2.54. The zero-order valence-corrected chi connectivity index (χ0v) is 14.1. The van der Waals surface area contributed by atoms with Gasteiger partial charge in [0, 0.05) is 19.1 Å². The predicted octanol–water partition coefficient (Wildman–Crippen LogP) is 3.72. The first-order valence-electron chi connectivity index (χ1n) is 8.70. The van der Waals surface area contributed by atoms with E-state index < -0.39 is 0 Å². The highest BCUT2D eigenvalue weighted by molar-refractivity contribution is 5.75. The van der Waals surface area contributed by atoms with Crippen molar-refractivity contribution in [3.63, 3.8) is 0 Å². The fourth-order valence-corrected chi connectivity index (χ4v) is 4.31. The number of benzene rings is 1. The van der Waals surface area contributed by atoms with Gasteiger partial charge < -0.3 is 10.2 Å². The number of rotatable bonds is 3. The van der Waals surface area contributed by atoms with Crippen LogP contribution in [0.3, 0.4) is 0 Å². The molecule has 0 spiro atoms. The highest BCUT2D eigenvalue weighted by Gasteiger charge is 2.49. The van der Waals surface area contributed by atoms with Crippen molar-refractivity contribution in [1.29, 1.82) is 0 Å². The van der Waals surface area contributed by atoms with E-state index in [4.69, 9.17) is 0 Å². The summed E-state index contributed by atoms with van der Waals surface area (Å²) in [6.07, 6.45) is 4.23. The van der Waals surface area contributed by atoms with Crippen LogP contribution in [0, 0.1) is 5.92 Å². The van der Waals surface area contributed by atoms with Crippen LogP contribution in [0.25, 0.3) is 0 Å².